The molecule has 1 aliphatic carbocycles. The van der Waals surface area contributed by atoms with Crippen LogP contribution in [0.3, 0.4) is 0 Å². The molecule has 1 fully saturated rings. The maximum Gasteiger partial charge on any atom is 0.245 e. The first kappa shape index (κ1) is 15.3. The van der Waals surface area contributed by atoms with Crippen LogP contribution in [0.1, 0.15) is 30.0 Å². The lowest BCUT2D eigenvalue weighted by Crippen LogP contribution is -2.33. The number of benzene rings is 2. The molecule has 24 heavy (non-hydrogen) atoms. The molecule has 0 bridgehead atoms. The molecule has 2 aromatic carbocycles. The highest BCUT2D eigenvalue weighted by atomic mass is 16.7. The van der Waals surface area contributed by atoms with Crippen molar-refractivity contribution in [3.8, 4) is 0 Å². The summed E-state index contributed by atoms with van der Waals surface area (Å²) in [5.74, 6) is -1.05. The third-order valence-corrected chi connectivity index (χ3v) is 4.68. The molecule has 124 valence electrons. The molecule has 2 aromatic rings. The number of amides is 1. The van der Waals surface area contributed by atoms with E-state index in [0.717, 1.165) is 18.4 Å². The Balaban J connectivity index is 1.49. The molecule has 1 saturated heterocycles. The molecule has 0 atom stereocenters. The Morgan fingerprint density at radius 1 is 1.21 bits per heavy atom. The summed E-state index contributed by atoms with van der Waals surface area (Å²) in [4.78, 5) is 12.0. The second-order valence-corrected chi connectivity index (χ2v) is 6.45. The van der Waals surface area contributed by atoms with Crippen LogP contribution in [0.4, 0.5) is 0 Å². The Hall–Kier alpha value is -2.24. The second-order valence-electron chi connectivity index (χ2n) is 6.45. The molecule has 0 spiro atoms. The minimum atomic E-state index is -0.832. The molecule has 1 aliphatic heterocycles. The van der Waals surface area contributed by atoms with Gasteiger partial charge in [0, 0.05) is 5.56 Å². The normalized spacial score (nSPS) is 18.5. The van der Waals surface area contributed by atoms with Crippen LogP contribution in [0.25, 0.3) is 10.8 Å². The van der Waals surface area contributed by atoms with E-state index in [1.165, 1.54) is 21.9 Å². The van der Waals surface area contributed by atoms with E-state index in [9.17, 15) is 4.79 Å². The van der Waals surface area contributed by atoms with Crippen LogP contribution in [0, 0.1) is 0 Å². The van der Waals surface area contributed by atoms with E-state index in [-0.39, 0.29) is 12.3 Å². The van der Waals surface area contributed by atoms with Gasteiger partial charge in [0.05, 0.1) is 25.8 Å². The predicted octanol–water partition coefficient (Wildman–Crippen LogP) is 2.54. The monoisotopic (exact) mass is 324 g/mol. The van der Waals surface area contributed by atoms with Crippen molar-refractivity contribution >= 4 is 22.9 Å². The minimum absolute atomic E-state index is 0.133. The smallest absolute Gasteiger partial charge is 0.245 e. The van der Waals surface area contributed by atoms with Crippen LogP contribution in [0.5, 0.6) is 0 Å². The second kappa shape index (κ2) is 6.00. The summed E-state index contributed by atoms with van der Waals surface area (Å²) in [5.41, 5.74) is 6.36. The number of hydrogen-bond donors (Lipinski definition) is 1. The predicted molar refractivity (Wildman–Crippen MR) is 92.0 cm³/mol. The molecule has 0 unspecified atom stereocenters. The van der Waals surface area contributed by atoms with Crippen LogP contribution in [0.2, 0.25) is 0 Å². The summed E-state index contributed by atoms with van der Waals surface area (Å²) in [6.07, 6.45) is 4.04. The largest absolute Gasteiger partial charge is 0.347 e. The van der Waals surface area contributed by atoms with Crippen molar-refractivity contribution in [2.45, 2.75) is 32.0 Å². The number of nitrogens with one attached hydrogen (secondary N) is 1. The fourth-order valence-corrected chi connectivity index (χ4v) is 3.55. The summed E-state index contributed by atoms with van der Waals surface area (Å²) >= 11 is 0. The van der Waals surface area contributed by atoms with Crippen LogP contribution in [-0.2, 0) is 27.1 Å². The Bertz CT molecular complexity index is 812. The summed E-state index contributed by atoms with van der Waals surface area (Å²) in [7, 11) is 0. The molecule has 0 radical (unpaired) electrons. The molecule has 1 amide bonds. The molecule has 5 nitrogen and oxygen atoms in total. The van der Waals surface area contributed by atoms with Crippen LogP contribution < -0.4 is 5.43 Å². The Morgan fingerprint density at radius 3 is 2.75 bits per heavy atom. The first-order valence-corrected chi connectivity index (χ1v) is 8.28. The topological polar surface area (TPSA) is 59.9 Å². The third-order valence-electron chi connectivity index (χ3n) is 4.68. The SMILES string of the molecule is CC1(CC(=O)NN=Cc2ccc3c4c(cccc24)CC3)OCCO1. The average Bonchev–Trinajstić information content (AvgIpc) is 3.17. The van der Waals surface area contributed by atoms with Crippen LogP contribution >= 0.6 is 0 Å². The quantitative estimate of drug-likeness (QED) is 0.694. The molecular formula is C19H20N2O3. The number of hydrogen-bond acceptors (Lipinski definition) is 4. The van der Waals surface area contributed by atoms with Crippen molar-refractivity contribution in [3.05, 3.63) is 47.0 Å². The zero-order chi connectivity index (χ0) is 16.6. The molecule has 0 aromatic heterocycles. The van der Waals surface area contributed by atoms with Gasteiger partial charge in [0.1, 0.15) is 0 Å². The van der Waals surface area contributed by atoms with E-state index in [2.05, 4.69) is 40.9 Å². The fraction of sp³-hybridized carbons (Fsp3) is 0.368. The van der Waals surface area contributed by atoms with Gasteiger partial charge in [-0.15, -0.1) is 0 Å². The fourth-order valence-electron chi connectivity index (χ4n) is 3.55. The van der Waals surface area contributed by atoms with Crippen molar-refractivity contribution in [3.63, 3.8) is 0 Å². The highest BCUT2D eigenvalue weighted by molar-refractivity contribution is 6.03. The molecule has 1 heterocycles. The van der Waals surface area contributed by atoms with Gasteiger partial charge in [0.2, 0.25) is 5.91 Å². The van der Waals surface area contributed by atoms with Crippen molar-refractivity contribution in [2.75, 3.05) is 13.2 Å². The van der Waals surface area contributed by atoms with Crippen molar-refractivity contribution in [1.82, 2.24) is 5.43 Å². The Kier molecular flexibility index (Phi) is 3.82. The van der Waals surface area contributed by atoms with Gasteiger partial charge in [-0.25, -0.2) is 5.43 Å². The van der Waals surface area contributed by atoms with Gasteiger partial charge in [0.25, 0.3) is 0 Å². The Labute approximate surface area is 140 Å². The van der Waals surface area contributed by atoms with E-state index in [1.54, 1.807) is 13.1 Å². The van der Waals surface area contributed by atoms with E-state index in [0.29, 0.717) is 13.2 Å². The summed E-state index contributed by atoms with van der Waals surface area (Å²) < 4.78 is 10.9. The summed E-state index contributed by atoms with van der Waals surface area (Å²) in [5, 5.41) is 6.64. The maximum atomic E-state index is 12.0. The van der Waals surface area contributed by atoms with E-state index < -0.39 is 5.79 Å². The molecule has 0 saturated carbocycles. The third kappa shape index (κ3) is 2.81. The number of hydrazone groups is 1. The van der Waals surface area contributed by atoms with Gasteiger partial charge in [-0.3, -0.25) is 4.79 Å². The van der Waals surface area contributed by atoms with Crippen LogP contribution in [0.15, 0.2) is 35.4 Å². The molecule has 5 heteroatoms. The standard InChI is InChI=1S/C19H20N2O3/c1-19(23-9-10-24-19)11-17(22)21-20-12-15-8-7-14-6-5-13-3-2-4-16(15)18(13)14/h2-4,7-8,12H,5-6,9-11H2,1H3,(H,21,22). The minimum Gasteiger partial charge on any atom is -0.347 e. The van der Waals surface area contributed by atoms with Crippen LogP contribution in [-0.4, -0.2) is 31.1 Å². The number of carbonyl (C=O) groups is 1. The lowest BCUT2D eigenvalue weighted by molar-refractivity contribution is -0.159. The van der Waals surface area contributed by atoms with Gasteiger partial charge in [-0.05, 0) is 41.7 Å². The van der Waals surface area contributed by atoms with E-state index in [4.69, 9.17) is 9.47 Å². The summed E-state index contributed by atoms with van der Waals surface area (Å²) in [6.45, 7) is 2.81. The lowest BCUT2D eigenvalue weighted by atomic mass is 10.0. The van der Waals surface area contributed by atoms with Gasteiger partial charge < -0.3 is 9.47 Å². The molecule has 1 N–H and O–H groups in total. The van der Waals surface area contributed by atoms with Crippen molar-refractivity contribution < 1.29 is 14.3 Å². The zero-order valence-corrected chi connectivity index (χ0v) is 13.7. The number of nitrogens with zero attached hydrogens (tertiary/aromatic N) is 1. The number of carbonyl (C=O) groups excluding carboxylic acids is 1. The van der Waals surface area contributed by atoms with Gasteiger partial charge in [-0.2, -0.15) is 5.10 Å². The van der Waals surface area contributed by atoms with Crippen molar-refractivity contribution in [2.24, 2.45) is 5.10 Å². The van der Waals surface area contributed by atoms with Gasteiger partial charge in [-0.1, -0.05) is 30.3 Å². The zero-order valence-electron chi connectivity index (χ0n) is 13.7. The first-order valence-electron chi connectivity index (χ1n) is 8.28. The highest BCUT2D eigenvalue weighted by Gasteiger charge is 2.33. The summed E-state index contributed by atoms with van der Waals surface area (Å²) in [6, 6.07) is 10.6. The maximum absolute atomic E-state index is 12.0. The number of aryl methyl sites for hydroxylation is 2. The van der Waals surface area contributed by atoms with Crippen molar-refractivity contribution in [1.29, 1.82) is 0 Å². The molecule has 4 rings (SSSR count). The highest BCUT2D eigenvalue weighted by Crippen LogP contribution is 2.32. The van der Waals surface area contributed by atoms with E-state index >= 15 is 0 Å². The Morgan fingerprint density at radius 2 is 1.96 bits per heavy atom. The number of ether oxygens (including phenoxy) is 2. The molecule has 2 aliphatic rings. The van der Waals surface area contributed by atoms with Gasteiger partial charge in [0.15, 0.2) is 5.79 Å². The first-order chi connectivity index (χ1) is 11.6. The van der Waals surface area contributed by atoms with E-state index in [1.807, 2.05) is 0 Å². The van der Waals surface area contributed by atoms with Gasteiger partial charge >= 0.3 is 0 Å². The lowest BCUT2D eigenvalue weighted by Gasteiger charge is -2.20. The average molecular weight is 324 g/mol. The number of rotatable bonds is 4. The molecular weight excluding hydrogens is 304 g/mol.